The maximum absolute atomic E-state index is 12.0. The molecule has 0 aliphatic heterocycles. The normalized spacial score (nSPS) is 12.0. The van der Waals surface area contributed by atoms with Crippen LogP contribution < -0.4 is 10.6 Å². The molecule has 0 saturated heterocycles. The van der Waals surface area contributed by atoms with E-state index >= 15 is 0 Å². The Morgan fingerprint density at radius 1 is 1.27 bits per heavy atom. The molecule has 0 aliphatic carbocycles. The van der Waals surface area contributed by atoms with Crippen molar-refractivity contribution >= 4 is 29.4 Å². The number of aromatic nitrogens is 1. The minimum Gasteiger partial charge on any atom is -0.444 e. The van der Waals surface area contributed by atoms with Crippen LogP contribution in [-0.4, -0.2) is 28.9 Å². The Labute approximate surface area is 179 Å². The van der Waals surface area contributed by atoms with E-state index in [4.69, 9.17) is 10.1 Å². The van der Waals surface area contributed by atoms with Gasteiger partial charge in [-0.15, -0.1) is 0 Å². The maximum atomic E-state index is 12.0. The average Bonchev–Trinajstić information content (AvgIpc) is 2.70. The molecule has 0 aliphatic rings. The number of nitrogens with one attached hydrogen (secondary N) is 3. The molecular formula is C24H32N4O2. The summed E-state index contributed by atoms with van der Waals surface area (Å²) in [5, 5.41) is 14.4. The summed E-state index contributed by atoms with van der Waals surface area (Å²) in [4.78, 5) is 16.4. The topological polar surface area (TPSA) is 87.1 Å². The number of nitrogens with zero attached hydrogens (tertiary/aromatic N) is 1. The fourth-order valence-electron chi connectivity index (χ4n) is 2.89. The van der Waals surface area contributed by atoms with Crippen molar-refractivity contribution in [3.05, 3.63) is 59.8 Å². The Balaban J connectivity index is 2.20. The lowest BCUT2D eigenvalue weighted by Crippen LogP contribution is -2.35. The first kappa shape index (κ1) is 23.1. The molecule has 0 spiro atoms. The van der Waals surface area contributed by atoms with Crippen molar-refractivity contribution in [2.75, 3.05) is 11.9 Å². The molecule has 3 N–H and O–H groups in total. The molecule has 2 rings (SSSR count). The minimum atomic E-state index is -0.596. The van der Waals surface area contributed by atoms with E-state index in [1.54, 1.807) is 39.1 Å². The third-order valence-corrected chi connectivity index (χ3v) is 4.67. The smallest absolute Gasteiger partial charge is 0.407 e. The molecule has 0 fully saturated rings. The predicted octanol–water partition coefficient (Wildman–Crippen LogP) is 5.87. The Kier molecular flexibility index (Phi) is 7.75. The highest BCUT2D eigenvalue weighted by molar-refractivity contribution is 6.07. The van der Waals surface area contributed by atoms with Gasteiger partial charge in [-0.05, 0) is 62.4 Å². The fraction of sp³-hybridized carbons (Fsp3) is 0.375. The summed E-state index contributed by atoms with van der Waals surface area (Å²) in [5.74, 6) is 1.05. The maximum Gasteiger partial charge on any atom is 0.407 e. The molecule has 160 valence electrons. The Morgan fingerprint density at radius 2 is 1.93 bits per heavy atom. The van der Waals surface area contributed by atoms with Gasteiger partial charge in [-0.1, -0.05) is 38.6 Å². The van der Waals surface area contributed by atoms with Crippen molar-refractivity contribution in [1.82, 2.24) is 10.3 Å². The number of ether oxygens (including phenoxy) is 1. The van der Waals surface area contributed by atoms with Crippen molar-refractivity contribution in [2.24, 2.45) is 0 Å². The summed E-state index contributed by atoms with van der Waals surface area (Å²) < 4.78 is 5.25. The molecule has 1 aromatic heterocycles. The van der Waals surface area contributed by atoms with Crippen molar-refractivity contribution in [1.29, 1.82) is 5.41 Å². The van der Waals surface area contributed by atoms with Crippen molar-refractivity contribution < 1.29 is 9.53 Å². The number of hydrogen-bond acceptors (Lipinski definition) is 5. The molecule has 1 unspecified atom stereocenters. The predicted molar refractivity (Wildman–Crippen MR) is 124 cm³/mol. The van der Waals surface area contributed by atoms with Gasteiger partial charge in [0.2, 0.25) is 0 Å². The van der Waals surface area contributed by atoms with Gasteiger partial charge in [0.05, 0.1) is 12.3 Å². The van der Waals surface area contributed by atoms with E-state index in [0.717, 1.165) is 17.7 Å². The molecule has 6 heteroatoms. The Bertz CT molecular complexity index is 898. The van der Waals surface area contributed by atoms with Crippen molar-refractivity contribution in [3.8, 4) is 0 Å². The molecule has 1 amide bonds. The molecule has 30 heavy (non-hydrogen) atoms. The highest BCUT2D eigenvalue weighted by Crippen LogP contribution is 2.25. The molecular weight excluding hydrogens is 376 g/mol. The summed E-state index contributed by atoms with van der Waals surface area (Å²) in [6, 6.07) is 10.0. The molecule has 1 aromatic carbocycles. The van der Waals surface area contributed by atoms with E-state index in [1.165, 1.54) is 5.56 Å². The van der Waals surface area contributed by atoms with Gasteiger partial charge < -0.3 is 20.8 Å². The minimum absolute atomic E-state index is 0.0169. The lowest BCUT2D eigenvalue weighted by Gasteiger charge is -2.20. The molecule has 0 bridgehead atoms. The zero-order valence-corrected chi connectivity index (χ0v) is 18.5. The summed E-state index contributed by atoms with van der Waals surface area (Å²) in [6.45, 7) is 13.6. The first-order chi connectivity index (χ1) is 14.1. The Morgan fingerprint density at radius 3 is 2.50 bits per heavy atom. The number of benzene rings is 1. The van der Waals surface area contributed by atoms with Crippen LogP contribution in [-0.2, 0) is 4.74 Å². The van der Waals surface area contributed by atoms with E-state index in [1.807, 2.05) is 12.1 Å². The number of anilines is 2. The zero-order valence-electron chi connectivity index (χ0n) is 18.5. The van der Waals surface area contributed by atoms with Crippen LogP contribution in [0, 0.1) is 5.41 Å². The molecule has 1 heterocycles. The van der Waals surface area contributed by atoms with Crippen LogP contribution in [0.15, 0.2) is 43.1 Å². The second-order valence-corrected chi connectivity index (χ2v) is 8.22. The van der Waals surface area contributed by atoms with Gasteiger partial charge in [0, 0.05) is 17.4 Å². The number of alkyl carbamates (subject to hydrolysis) is 1. The zero-order chi connectivity index (χ0) is 22.3. The lowest BCUT2D eigenvalue weighted by molar-refractivity contribution is 0.0536. The van der Waals surface area contributed by atoms with Crippen LogP contribution in [0.3, 0.4) is 0 Å². The monoisotopic (exact) mass is 408 g/mol. The SMILES string of the molecule is C=Cc1ccnc(Nc2ccc(C(C)CC)cc2)c1C(=N)CNC(=O)OC(C)(C)C. The summed E-state index contributed by atoms with van der Waals surface area (Å²) >= 11 is 0. The quantitative estimate of drug-likeness (QED) is 0.476. The van der Waals surface area contributed by atoms with Crippen LogP contribution in [0.2, 0.25) is 0 Å². The van der Waals surface area contributed by atoms with E-state index in [9.17, 15) is 4.79 Å². The van der Waals surface area contributed by atoms with Gasteiger partial charge in [-0.25, -0.2) is 9.78 Å². The van der Waals surface area contributed by atoms with E-state index < -0.39 is 11.7 Å². The van der Waals surface area contributed by atoms with E-state index in [-0.39, 0.29) is 12.3 Å². The second kappa shape index (κ2) is 10.1. The van der Waals surface area contributed by atoms with E-state index in [2.05, 4.69) is 48.2 Å². The number of carbonyl (C=O) groups is 1. The highest BCUT2D eigenvalue weighted by atomic mass is 16.6. The van der Waals surface area contributed by atoms with Gasteiger partial charge in [0.1, 0.15) is 11.4 Å². The van der Waals surface area contributed by atoms with Gasteiger partial charge in [0.15, 0.2) is 0 Å². The third kappa shape index (κ3) is 6.44. The average molecular weight is 409 g/mol. The number of hydrogen-bond donors (Lipinski definition) is 3. The van der Waals surface area contributed by atoms with Gasteiger partial charge >= 0.3 is 6.09 Å². The molecule has 0 saturated carbocycles. The first-order valence-electron chi connectivity index (χ1n) is 10.2. The first-order valence-corrected chi connectivity index (χ1v) is 10.2. The second-order valence-electron chi connectivity index (χ2n) is 8.22. The number of rotatable bonds is 8. The molecule has 0 radical (unpaired) electrons. The van der Waals surface area contributed by atoms with Crippen LogP contribution in [0.1, 0.15) is 63.6 Å². The fourth-order valence-corrected chi connectivity index (χ4v) is 2.89. The van der Waals surface area contributed by atoms with Crippen LogP contribution in [0.5, 0.6) is 0 Å². The number of carbonyl (C=O) groups excluding carboxylic acids is 1. The summed E-state index contributed by atoms with van der Waals surface area (Å²) in [5.41, 5.74) is 3.13. The van der Waals surface area contributed by atoms with Gasteiger partial charge in [-0.3, -0.25) is 0 Å². The molecule has 1 atom stereocenters. The Hall–Kier alpha value is -3.15. The van der Waals surface area contributed by atoms with Crippen LogP contribution >= 0.6 is 0 Å². The number of pyridine rings is 1. The molecule has 2 aromatic rings. The summed E-state index contributed by atoms with van der Waals surface area (Å²) in [6.07, 6.45) is 3.87. The highest BCUT2D eigenvalue weighted by Gasteiger charge is 2.18. The van der Waals surface area contributed by atoms with E-state index in [0.29, 0.717) is 17.3 Å². The standard InChI is InChI=1S/C24H32N4O2/c1-7-16(3)18-9-11-19(12-10-18)28-22-21(17(8-2)13-14-26-22)20(25)15-27-23(29)30-24(4,5)6/h8-14,16,25H,2,7,15H2,1,3-6H3,(H,26,28)(H,27,29). The third-order valence-electron chi connectivity index (χ3n) is 4.67. The van der Waals surface area contributed by atoms with Gasteiger partial charge in [0.25, 0.3) is 0 Å². The largest absolute Gasteiger partial charge is 0.444 e. The molecule has 6 nitrogen and oxygen atoms in total. The van der Waals surface area contributed by atoms with Crippen LogP contribution in [0.25, 0.3) is 6.08 Å². The van der Waals surface area contributed by atoms with Crippen LogP contribution in [0.4, 0.5) is 16.3 Å². The van der Waals surface area contributed by atoms with Gasteiger partial charge in [-0.2, -0.15) is 0 Å². The van der Waals surface area contributed by atoms with Crippen molar-refractivity contribution in [2.45, 2.75) is 52.6 Å². The summed E-state index contributed by atoms with van der Waals surface area (Å²) in [7, 11) is 0. The lowest BCUT2D eigenvalue weighted by atomic mass is 9.98. The van der Waals surface area contributed by atoms with Crippen molar-refractivity contribution in [3.63, 3.8) is 0 Å². The number of amides is 1.